The summed E-state index contributed by atoms with van der Waals surface area (Å²) in [5.74, 6) is -1.12. The molecular formula is C21H19N3O4. The van der Waals surface area contributed by atoms with Crippen LogP contribution >= 0.6 is 0 Å². The fourth-order valence-electron chi connectivity index (χ4n) is 3.08. The number of primary amides is 1. The molecule has 0 heterocycles. The Bertz CT molecular complexity index is 1050. The van der Waals surface area contributed by atoms with Gasteiger partial charge in [-0.3, -0.25) is 19.7 Å². The molecule has 0 aliphatic heterocycles. The number of nitrogens with zero attached hydrogens (tertiary/aromatic N) is 1. The monoisotopic (exact) mass is 377 g/mol. The Morgan fingerprint density at radius 2 is 1.68 bits per heavy atom. The molecule has 0 aromatic heterocycles. The van der Waals surface area contributed by atoms with Crippen molar-refractivity contribution in [3.63, 3.8) is 0 Å². The highest BCUT2D eigenvalue weighted by molar-refractivity contribution is 5.89. The summed E-state index contributed by atoms with van der Waals surface area (Å²) < 4.78 is 0. The number of nitro benzene ring substituents is 1. The number of benzene rings is 3. The molecule has 7 nitrogen and oxygen atoms in total. The van der Waals surface area contributed by atoms with E-state index < -0.39 is 16.9 Å². The molecule has 28 heavy (non-hydrogen) atoms. The lowest BCUT2D eigenvalue weighted by atomic mass is 10.0. The molecule has 0 aliphatic rings. The van der Waals surface area contributed by atoms with Crippen LogP contribution in [0.1, 0.15) is 11.1 Å². The summed E-state index contributed by atoms with van der Waals surface area (Å²) in [4.78, 5) is 34.8. The number of nitro groups is 1. The van der Waals surface area contributed by atoms with Gasteiger partial charge in [0.05, 0.1) is 11.3 Å². The Morgan fingerprint density at radius 3 is 2.39 bits per heavy atom. The third kappa shape index (κ3) is 4.50. The fraction of sp³-hybridized carbons (Fsp3) is 0.143. The van der Waals surface area contributed by atoms with E-state index >= 15 is 0 Å². The minimum absolute atomic E-state index is 0.0457. The van der Waals surface area contributed by atoms with Crippen molar-refractivity contribution in [2.75, 3.05) is 0 Å². The van der Waals surface area contributed by atoms with E-state index in [0.717, 1.165) is 16.3 Å². The van der Waals surface area contributed by atoms with Gasteiger partial charge >= 0.3 is 0 Å². The van der Waals surface area contributed by atoms with Crippen molar-refractivity contribution >= 4 is 28.3 Å². The maximum atomic E-state index is 12.4. The number of carbonyl (C=O) groups is 2. The number of carbonyl (C=O) groups excluding carboxylic acids is 2. The highest BCUT2D eigenvalue weighted by Crippen LogP contribution is 2.19. The van der Waals surface area contributed by atoms with E-state index in [1.165, 1.54) is 6.07 Å². The SMILES string of the molecule is NC(=O)[C@H](Cc1ccccc1[N+](=O)[O-])NC(=O)Cc1ccc2ccccc2c1. The lowest BCUT2D eigenvalue weighted by Crippen LogP contribution is -2.46. The van der Waals surface area contributed by atoms with E-state index in [4.69, 9.17) is 5.73 Å². The fourth-order valence-corrected chi connectivity index (χ4v) is 3.08. The highest BCUT2D eigenvalue weighted by Gasteiger charge is 2.23. The molecule has 0 radical (unpaired) electrons. The van der Waals surface area contributed by atoms with Crippen LogP contribution in [0.25, 0.3) is 10.8 Å². The van der Waals surface area contributed by atoms with Gasteiger partial charge in [-0.2, -0.15) is 0 Å². The third-order valence-electron chi connectivity index (χ3n) is 4.47. The number of nitrogens with one attached hydrogen (secondary N) is 1. The number of hydrogen-bond donors (Lipinski definition) is 2. The van der Waals surface area contributed by atoms with Crippen LogP contribution in [-0.2, 0) is 22.4 Å². The summed E-state index contributed by atoms with van der Waals surface area (Å²) in [5, 5.41) is 15.8. The number of hydrogen-bond acceptors (Lipinski definition) is 4. The molecule has 3 rings (SSSR count). The van der Waals surface area contributed by atoms with Crippen LogP contribution in [0.3, 0.4) is 0 Å². The van der Waals surface area contributed by atoms with Crippen LogP contribution in [0.15, 0.2) is 66.7 Å². The van der Waals surface area contributed by atoms with Crippen LogP contribution in [0.4, 0.5) is 5.69 Å². The molecule has 3 aromatic carbocycles. The Labute approximate surface area is 161 Å². The standard InChI is InChI=1S/C21H19N3O4/c22-21(26)18(13-17-7-3-4-8-19(17)24(27)28)23-20(25)12-14-9-10-15-5-1-2-6-16(15)11-14/h1-11,18H,12-13H2,(H2,22,26)(H,23,25)/t18-/m0/s1. The second-order valence-corrected chi connectivity index (χ2v) is 6.47. The molecule has 0 unspecified atom stereocenters. The molecule has 3 N–H and O–H groups in total. The topological polar surface area (TPSA) is 115 Å². The van der Waals surface area contributed by atoms with E-state index in [1.54, 1.807) is 18.2 Å². The van der Waals surface area contributed by atoms with E-state index in [9.17, 15) is 19.7 Å². The van der Waals surface area contributed by atoms with E-state index in [2.05, 4.69) is 5.32 Å². The smallest absolute Gasteiger partial charge is 0.272 e. The lowest BCUT2D eigenvalue weighted by Gasteiger charge is -2.16. The molecule has 142 valence electrons. The molecule has 2 amide bonds. The van der Waals surface area contributed by atoms with Gasteiger partial charge in [0.2, 0.25) is 11.8 Å². The summed E-state index contributed by atoms with van der Waals surface area (Å²) in [6.45, 7) is 0. The minimum Gasteiger partial charge on any atom is -0.368 e. The number of para-hydroxylation sites is 1. The molecule has 0 saturated heterocycles. The van der Waals surface area contributed by atoms with Crippen molar-refractivity contribution in [3.8, 4) is 0 Å². The third-order valence-corrected chi connectivity index (χ3v) is 4.47. The van der Waals surface area contributed by atoms with Gasteiger partial charge in [-0.15, -0.1) is 0 Å². The zero-order valence-electron chi connectivity index (χ0n) is 15.0. The zero-order chi connectivity index (χ0) is 20.1. The summed E-state index contributed by atoms with van der Waals surface area (Å²) in [5.41, 5.74) is 6.42. The quantitative estimate of drug-likeness (QED) is 0.486. The molecule has 0 aliphatic carbocycles. The Balaban J connectivity index is 1.72. The van der Waals surface area contributed by atoms with Gasteiger partial charge in [0.25, 0.3) is 5.69 Å². The van der Waals surface area contributed by atoms with Gasteiger partial charge in [0.1, 0.15) is 6.04 Å². The number of amides is 2. The molecule has 0 fully saturated rings. The molecule has 0 spiro atoms. The number of fused-ring (bicyclic) bond motifs is 1. The van der Waals surface area contributed by atoms with E-state index in [-0.39, 0.29) is 24.4 Å². The predicted octanol–water partition coefficient (Wildman–Crippen LogP) is 2.50. The van der Waals surface area contributed by atoms with Gasteiger partial charge in [-0.1, -0.05) is 60.7 Å². The van der Waals surface area contributed by atoms with Crippen molar-refractivity contribution in [3.05, 3.63) is 88.0 Å². The first kappa shape index (κ1) is 19.0. The molecule has 0 saturated carbocycles. The van der Waals surface area contributed by atoms with Crippen molar-refractivity contribution < 1.29 is 14.5 Å². The van der Waals surface area contributed by atoms with Crippen LogP contribution in [-0.4, -0.2) is 22.8 Å². The Kier molecular flexibility index (Phi) is 5.64. The van der Waals surface area contributed by atoms with E-state index in [1.807, 2.05) is 42.5 Å². The Hall–Kier alpha value is -3.74. The van der Waals surface area contributed by atoms with Crippen molar-refractivity contribution in [2.24, 2.45) is 5.73 Å². The maximum absolute atomic E-state index is 12.4. The maximum Gasteiger partial charge on any atom is 0.272 e. The first-order valence-electron chi connectivity index (χ1n) is 8.72. The van der Waals surface area contributed by atoms with E-state index in [0.29, 0.717) is 5.56 Å². The summed E-state index contributed by atoms with van der Waals surface area (Å²) >= 11 is 0. The van der Waals surface area contributed by atoms with Crippen LogP contribution in [0.2, 0.25) is 0 Å². The first-order valence-corrected chi connectivity index (χ1v) is 8.72. The molecule has 7 heteroatoms. The van der Waals surface area contributed by atoms with Crippen LogP contribution in [0, 0.1) is 10.1 Å². The molecule has 1 atom stereocenters. The van der Waals surface area contributed by atoms with Gasteiger partial charge in [0.15, 0.2) is 0 Å². The number of rotatable bonds is 7. The largest absolute Gasteiger partial charge is 0.368 e. The normalized spacial score (nSPS) is 11.7. The summed E-state index contributed by atoms with van der Waals surface area (Å²) in [6, 6.07) is 18.5. The van der Waals surface area contributed by atoms with Crippen molar-refractivity contribution in [2.45, 2.75) is 18.9 Å². The second kappa shape index (κ2) is 8.30. The van der Waals surface area contributed by atoms with Gasteiger partial charge in [0, 0.05) is 18.1 Å². The lowest BCUT2D eigenvalue weighted by molar-refractivity contribution is -0.385. The first-order chi connectivity index (χ1) is 13.4. The predicted molar refractivity (Wildman–Crippen MR) is 106 cm³/mol. The minimum atomic E-state index is -1.03. The van der Waals surface area contributed by atoms with Crippen LogP contribution < -0.4 is 11.1 Å². The molecular weight excluding hydrogens is 358 g/mol. The zero-order valence-corrected chi connectivity index (χ0v) is 15.0. The van der Waals surface area contributed by atoms with Crippen molar-refractivity contribution in [1.29, 1.82) is 0 Å². The highest BCUT2D eigenvalue weighted by atomic mass is 16.6. The van der Waals surface area contributed by atoms with Gasteiger partial charge in [-0.25, -0.2) is 0 Å². The average Bonchev–Trinajstić information content (AvgIpc) is 2.67. The van der Waals surface area contributed by atoms with Crippen LogP contribution in [0.5, 0.6) is 0 Å². The molecule has 3 aromatic rings. The van der Waals surface area contributed by atoms with Crippen molar-refractivity contribution in [1.82, 2.24) is 5.32 Å². The summed E-state index contributed by atoms with van der Waals surface area (Å²) in [7, 11) is 0. The average molecular weight is 377 g/mol. The summed E-state index contributed by atoms with van der Waals surface area (Å²) in [6.07, 6.45) is 0.0292. The van der Waals surface area contributed by atoms with Gasteiger partial charge in [-0.05, 0) is 16.3 Å². The molecule has 0 bridgehead atoms. The number of nitrogens with two attached hydrogens (primary N) is 1. The second-order valence-electron chi connectivity index (χ2n) is 6.47. The Morgan fingerprint density at radius 1 is 1.00 bits per heavy atom. The van der Waals surface area contributed by atoms with Gasteiger partial charge < -0.3 is 11.1 Å².